The molecule has 6 nitrogen and oxygen atoms in total. The van der Waals surface area contributed by atoms with Gasteiger partial charge in [-0.25, -0.2) is 0 Å². The van der Waals surface area contributed by atoms with Crippen molar-refractivity contribution in [2.75, 3.05) is 5.75 Å². The minimum Gasteiger partial charge on any atom is -0.494 e. The number of hydrogen-bond acceptors (Lipinski definition) is 4. The first-order valence-corrected chi connectivity index (χ1v) is 6.25. The molecule has 90 valence electrons. The monoisotopic (exact) mass is 267 g/mol. The Morgan fingerprint density at radius 2 is 2.06 bits per heavy atom. The fourth-order valence-corrected chi connectivity index (χ4v) is 1.72. The van der Waals surface area contributed by atoms with Crippen LogP contribution in [0.25, 0.3) is 0 Å². The Morgan fingerprint density at radius 1 is 1.50 bits per heavy atom. The van der Waals surface area contributed by atoms with Gasteiger partial charge in [-0.3, -0.25) is 13.9 Å². The largest absolute Gasteiger partial charge is 0.494 e. The molecule has 1 aromatic heterocycles. The standard InChI is InChI=1S/C8H10ClNO5S/c1-5-4-6(11)10(8(12)7(5)9)2-3-16(13,14)15/h4,11H,2-3H2,1H3,(H,13,14,15). The van der Waals surface area contributed by atoms with Crippen LogP contribution in [0.5, 0.6) is 5.88 Å². The highest BCUT2D eigenvalue weighted by atomic mass is 35.5. The summed E-state index contributed by atoms with van der Waals surface area (Å²) in [6.45, 7) is 1.18. The van der Waals surface area contributed by atoms with E-state index >= 15 is 0 Å². The molecule has 0 aromatic carbocycles. The van der Waals surface area contributed by atoms with Gasteiger partial charge in [-0.1, -0.05) is 11.6 Å². The van der Waals surface area contributed by atoms with Crippen LogP contribution in [-0.4, -0.2) is 28.4 Å². The second kappa shape index (κ2) is 4.44. The van der Waals surface area contributed by atoms with E-state index in [-0.39, 0.29) is 11.6 Å². The molecule has 0 amide bonds. The smallest absolute Gasteiger partial charge is 0.272 e. The number of rotatable bonds is 3. The maximum atomic E-state index is 11.5. The highest BCUT2D eigenvalue weighted by Crippen LogP contribution is 2.15. The molecule has 0 atom stereocenters. The van der Waals surface area contributed by atoms with Gasteiger partial charge in [0.05, 0.1) is 5.75 Å². The summed E-state index contributed by atoms with van der Waals surface area (Å²) in [5, 5.41) is 9.33. The first kappa shape index (κ1) is 13.0. The molecule has 0 aliphatic rings. The predicted octanol–water partition coefficient (Wildman–Crippen LogP) is 0.404. The third-order valence-corrected chi connectivity index (χ3v) is 3.13. The predicted molar refractivity (Wildman–Crippen MR) is 58.5 cm³/mol. The molecule has 0 aliphatic heterocycles. The first-order valence-electron chi connectivity index (χ1n) is 4.26. The molecule has 0 spiro atoms. The molecule has 0 aliphatic carbocycles. The average Bonchev–Trinajstić information content (AvgIpc) is 2.12. The number of hydrogen-bond donors (Lipinski definition) is 2. The van der Waals surface area contributed by atoms with E-state index in [9.17, 15) is 18.3 Å². The Hall–Kier alpha value is -1.05. The molecule has 0 unspecified atom stereocenters. The molecule has 0 saturated heterocycles. The summed E-state index contributed by atoms with van der Waals surface area (Å²) >= 11 is 5.65. The quantitative estimate of drug-likeness (QED) is 0.773. The summed E-state index contributed by atoms with van der Waals surface area (Å²) in [6, 6.07) is 1.24. The number of halogens is 1. The van der Waals surface area contributed by atoms with E-state index in [1.807, 2.05) is 0 Å². The van der Waals surface area contributed by atoms with Gasteiger partial charge in [-0.2, -0.15) is 8.42 Å². The van der Waals surface area contributed by atoms with E-state index in [1.54, 1.807) is 0 Å². The SMILES string of the molecule is Cc1cc(O)n(CCS(=O)(=O)O)c(=O)c1Cl. The van der Waals surface area contributed by atoms with E-state index in [0.29, 0.717) is 5.56 Å². The van der Waals surface area contributed by atoms with Crippen molar-refractivity contribution in [3.63, 3.8) is 0 Å². The summed E-state index contributed by atoms with van der Waals surface area (Å²) in [6.07, 6.45) is 0. The molecule has 2 N–H and O–H groups in total. The highest BCUT2D eigenvalue weighted by Gasteiger charge is 2.12. The highest BCUT2D eigenvalue weighted by molar-refractivity contribution is 7.85. The normalized spacial score (nSPS) is 11.7. The van der Waals surface area contributed by atoms with Gasteiger partial charge in [0.15, 0.2) is 5.88 Å². The van der Waals surface area contributed by atoms with Crippen molar-refractivity contribution >= 4 is 21.7 Å². The van der Waals surface area contributed by atoms with E-state index < -0.39 is 27.3 Å². The van der Waals surface area contributed by atoms with Gasteiger partial charge < -0.3 is 5.11 Å². The van der Waals surface area contributed by atoms with Crippen LogP contribution in [0.2, 0.25) is 5.02 Å². The molecule has 0 radical (unpaired) electrons. The van der Waals surface area contributed by atoms with Crippen molar-refractivity contribution in [1.82, 2.24) is 4.57 Å². The molecule has 16 heavy (non-hydrogen) atoms. The molecule has 1 rings (SSSR count). The van der Waals surface area contributed by atoms with Crippen molar-refractivity contribution in [1.29, 1.82) is 0 Å². The summed E-state index contributed by atoms with van der Waals surface area (Å²) < 4.78 is 30.3. The third kappa shape index (κ3) is 2.97. The second-order valence-corrected chi connectivity index (χ2v) is 5.19. The Balaban J connectivity index is 3.16. The van der Waals surface area contributed by atoms with Crippen molar-refractivity contribution in [3.05, 3.63) is 27.0 Å². The molecule has 0 saturated carbocycles. The Bertz CT molecular complexity index is 563. The zero-order valence-corrected chi connectivity index (χ0v) is 9.92. The van der Waals surface area contributed by atoms with Gasteiger partial charge in [0.2, 0.25) is 0 Å². The molecule has 8 heteroatoms. The maximum absolute atomic E-state index is 11.5. The van der Waals surface area contributed by atoms with Crippen LogP contribution in [0.15, 0.2) is 10.9 Å². The van der Waals surface area contributed by atoms with Crippen molar-refractivity contribution in [3.8, 4) is 5.88 Å². The van der Waals surface area contributed by atoms with Crippen LogP contribution < -0.4 is 5.56 Å². The minimum absolute atomic E-state index is 0.0897. The lowest BCUT2D eigenvalue weighted by Crippen LogP contribution is -2.24. The lowest BCUT2D eigenvalue weighted by Gasteiger charge is -2.09. The number of pyridine rings is 1. The lowest BCUT2D eigenvalue weighted by molar-refractivity contribution is 0.408. The van der Waals surface area contributed by atoms with E-state index in [2.05, 4.69) is 0 Å². The summed E-state index contributed by atoms with van der Waals surface area (Å²) in [7, 11) is -4.19. The van der Waals surface area contributed by atoms with Crippen LogP contribution in [-0.2, 0) is 16.7 Å². The molecular formula is C8H10ClNO5S. The van der Waals surface area contributed by atoms with E-state index in [0.717, 1.165) is 4.57 Å². The number of aryl methyl sites for hydroxylation is 1. The van der Waals surface area contributed by atoms with E-state index in [4.69, 9.17) is 16.2 Å². The van der Waals surface area contributed by atoms with Gasteiger partial charge in [-0.15, -0.1) is 0 Å². The first-order chi connectivity index (χ1) is 7.22. The van der Waals surface area contributed by atoms with Gasteiger partial charge in [0, 0.05) is 12.6 Å². The van der Waals surface area contributed by atoms with Crippen LogP contribution >= 0.6 is 11.6 Å². The molecular weight excluding hydrogens is 258 g/mol. The fraction of sp³-hybridized carbons (Fsp3) is 0.375. The minimum atomic E-state index is -4.19. The van der Waals surface area contributed by atoms with E-state index in [1.165, 1.54) is 13.0 Å². The van der Waals surface area contributed by atoms with Crippen molar-refractivity contribution < 1.29 is 18.1 Å². The Morgan fingerprint density at radius 3 is 2.56 bits per heavy atom. The van der Waals surface area contributed by atoms with Crippen LogP contribution in [0.3, 0.4) is 0 Å². The number of aromatic nitrogens is 1. The topological polar surface area (TPSA) is 96.6 Å². The summed E-state index contributed by atoms with van der Waals surface area (Å²) in [5.74, 6) is -1.06. The second-order valence-electron chi connectivity index (χ2n) is 3.24. The average molecular weight is 268 g/mol. The fourth-order valence-electron chi connectivity index (χ4n) is 1.15. The van der Waals surface area contributed by atoms with Crippen LogP contribution in [0.1, 0.15) is 5.56 Å². The summed E-state index contributed by atoms with van der Waals surface area (Å²) in [4.78, 5) is 11.5. The van der Waals surface area contributed by atoms with Gasteiger partial charge in [0.1, 0.15) is 5.02 Å². The number of nitrogens with zero attached hydrogens (tertiary/aromatic N) is 1. The summed E-state index contributed by atoms with van der Waals surface area (Å²) in [5.41, 5.74) is -0.296. The third-order valence-electron chi connectivity index (χ3n) is 1.97. The molecule has 1 aromatic rings. The van der Waals surface area contributed by atoms with Crippen molar-refractivity contribution in [2.24, 2.45) is 0 Å². The lowest BCUT2D eigenvalue weighted by atomic mass is 10.3. The van der Waals surface area contributed by atoms with Gasteiger partial charge >= 0.3 is 0 Å². The number of aromatic hydroxyl groups is 1. The van der Waals surface area contributed by atoms with Gasteiger partial charge in [-0.05, 0) is 12.5 Å². The molecule has 0 bridgehead atoms. The Kier molecular flexibility index (Phi) is 3.61. The molecule has 0 fully saturated rings. The van der Waals surface area contributed by atoms with Crippen LogP contribution in [0.4, 0.5) is 0 Å². The zero-order chi connectivity index (χ0) is 12.5. The maximum Gasteiger partial charge on any atom is 0.272 e. The van der Waals surface area contributed by atoms with Crippen LogP contribution in [0, 0.1) is 6.92 Å². The molecule has 1 heterocycles. The van der Waals surface area contributed by atoms with Gasteiger partial charge in [0.25, 0.3) is 15.7 Å². The zero-order valence-electron chi connectivity index (χ0n) is 8.34. The van der Waals surface area contributed by atoms with Crippen molar-refractivity contribution in [2.45, 2.75) is 13.5 Å². The Labute approximate surface area is 96.8 Å².